The summed E-state index contributed by atoms with van der Waals surface area (Å²) in [5.41, 5.74) is 6.60. The van der Waals surface area contributed by atoms with Crippen LogP contribution in [0.25, 0.3) is 11.3 Å². The van der Waals surface area contributed by atoms with Gasteiger partial charge in [0.25, 0.3) is 0 Å². The summed E-state index contributed by atoms with van der Waals surface area (Å²) in [5.74, 6) is 0.795. The van der Waals surface area contributed by atoms with Gasteiger partial charge in [-0.1, -0.05) is 30.3 Å². The number of hydrogen-bond donors (Lipinski definition) is 2. The molecule has 21 heavy (non-hydrogen) atoms. The van der Waals surface area contributed by atoms with Crippen molar-refractivity contribution in [3.05, 3.63) is 42.4 Å². The van der Waals surface area contributed by atoms with Crippen LogP contribution in [0.2, 0.25) is 0 Å². The van der Waals surface area contributed by atoms with Crippen LogP contribution in [0.15, 0.2) is 40.9 Å². The lowest BCUT2D eigenvalue weighted by Gasteiger charge is -2.14. The number of aromatic nitrogens is 1. The van der Waals surface area contributed by atoms with E-state index in [1.807, 2.05) is 30.3 Å². The van der Waals surface area contributed by atoms with E-state index in [1.54, 1.807) is 13.1 Å². The Morgan fingerprint density at radius 2 is 2.14 bits per heavy atom. The number of carbonyl (C=O) groups is 1. The third-order valence-corrected chi connectivity index (χ3v) is 2.99. The predicted molar refractivity (Wildman–Crippen MR) is 78.3 cm³/mol. The van der Waals surface area contributed by atoms with Gasteiger partial charge >= 0.3 is 0 Å². The summed E-state index contributed by atoms with van der Waals surface area (Å²) in [5, 5.41) is 2.75. The molecule has 0 aliphatic rings. The lowest BCUT2D eigenvalue weighted by atomic mass is 10.2. The topological polar surface area (TPSA) is 90.4 Å². The molecule has 2 aromatic rings. The molecule has 0 saturated heterocycles. The lowest BCUT2D eigenvalue weighted by molar-refractivity contribution is -0.124. The summed E-state index contributed by atoms with van der Waals surface area (Å²) in [4.78, 5) is 16.0. The first-order valence-corrected chi connectivity index (χ1v) is 6.68. The smallest absolute Gasteiger partial charge is 0.239 e. The van der Waals surface area contributed by atoms with E-state index >= 15 is 0 Å². The molecule has 1 heterocycles. The number of rotatable bonds is 6. The molecule has 3 N–H and O–H groups in total. The van der Waals surface area contributed by atoms with Gasteiger partial charge in [-0.15, -0.1) is 0 Å². The molecule has 6 heteroatoms. The van der Waals surface area contributed by atoms with Crippen molar-refractivity contribution in [2.75, 3.05) is 13.7 Å². The zero-order valence-corrected chi connectivity index (χ0v) is 12.1. The highest BCUT2D eigenvalue weighted by Crippen LogP contribution is 2.22. The van der Waals surface area contributed by atoms with Crippen molar-refractivity contribution in [2.24, 2.45) is 5.73 Å². The predicted octanol–water partition coefficient (Wildman–Crippen LogP) is 1.49. The number of nitrogens with zero attached hydrogens (tertiary/aromatic N) is 1. The molecule has 0 spiro atoms. The monoisotopic (exact) mass is 289 g/mol. The molecule has 0 fully saturated rings. The minimum atomic E-state index is -0.707. The van der Waals surface area contributed by atoms with Gasteiger partial charge in [0, 0.05) is 12.7 Å². The molecule has 0 aliphatic carbocycles. The Kier molecular flexibility index (Phi) is 5.08. The molecule has 1 aromatic heterocycles. The molecular weight excluding hydrogens is 270 g/mol. The number of carbonyl (C=O) groups excluding carboxylic acids is 1. The zero-order valence-electron chi connectivity index (χ0n) is 12.1. The van der Waals surface area contributed by atoms with Gasteiger partial charge in [0.15, 0.2) is 5.76 Å². The second kappa shape index (κ2) is 7.01. The lowest BCUT2D eigenvalue weighted by Crippen LogP contribution is -2.44. The van der Waals surface area contributed by atoms with E-state index in [0.29, 0.717) is 11.7 Å². The number of ether oxygens (including phenoxy) is 1. The fourth-order valence-electron chi connectivity index (χ4n) is 1.86. The largest absolute Gasteiger partial charge is 0.438 e. The average molecular weight is 289 g/mol. The number of methoxy groups -OCH3 is 1. The summed E-state index contributed by atoms with van der Waals surface area (Å²) >= 11 is 0. The number of nitrogens with one attached hydrogen (secondary N) is 1. The van der Waals surface area contributed by atoms with Gasteiger partial charge in [-0.2, -0.15) is 0 Å². The van der Waals surface area contributed by atoms with Crippen LogP contribution in [0.4, 0.5) is 0 Å². The van der Waals surface area contributed by atoms with Crippen molar-refractivity contribution in [3.8, 4) is 11.3 Å². The second-order valence-corrected chi connectivity index (χ2v) is 4.72. The van der Waals surface area contributed by atoms with Crippen molar-refractivity contribution in [2.45, 2.75) is 19.0 Å². The molecule has 0 saturated carbocycles. The third-order valence-electron chi connectivity index (χ3n) is 2.99. The number of hydrogen-bond acceptors (Lipinski definition) is 5. The second-order valence-electron chi connectivity index (χ2n) is 4.72. The molecule has 0 bridgehead atoms. The Morgan fingerprint density at radius 3 is 2.81 bits per heavy atom. The van der Waals surface area contributed by atoms with Gasteiger partial charge in [0.05, 0.1) is 12.8 Å². The Hall–Kier alpha value is -2.18. The molecule has 2 unspecified atom stereocenters. The van der Waals surface area contributed by atoms with Gasteiger partial charge in [-0.05, 0) is 6.92 Å². The van der Waals surface area contributed by atoms with Crippen LogP contribution >= 0.6 is 0 Å². The molecule has 1 amide bonds. The van der Waals surface area contributed by atoms with Crippen molar-refractivity contribution in [1.82, 2.24) is 10.3 Å². The SMILES string of the molecule is COCC(N)C(=O)NC(C)c1ncc(-c2ccccc2)o1. The van der Waals surface area contributed by atoms with Crippen LogP contribution in [0.5, 0.6) is 0 Å². The summed E-state index contributed by atoms with van der Waals surface area (Å²) in [6.07, 6.45) is 1.64. The van der Waals surface area contributed by atoms with Crippen LogP contribution in [-0.4, -0.2) is 30.6 Å². The van der Waals surface area contributed by atoms with Crippen molar-refractivity contribution in [3.63, 3.8) is 0 Å². The Balaban J connectivity index is 2.02. The van der Waals surface area contributed by atoms with E-state index in [-0.39, 0.29) is 18.6 Å². The van der Waals surface area contributed by atoms with Crippen molar-refractivity contribution < 1.29 is 13.9 Å². The zero-order chi connectivity index (χ0) is 15.2. The maximum atomic E-state index is 11.8. The van der Waals surface area contributed by atoms with E-state index in [4.69, 9.17) is 14.9 Å². The van der Waals surface area contributed by atoms with E-state index in [9.17, 15) is 4.79 Å². The molecule has 0 aliphatic heterocycles. The summed E-state index contributed by atoms with van der Waals surface area (Å²) < 4.78 is 10.5. The van der Waals surface area contributed by atoms with Gasteiger partial charge in [-0.25, -0.2) is 4.98 Å². The molecule has 2 rings (SSSR count). The summed E-state index contributed by atoms with van der Waals surface area (Å²) in [6, 6.07) is 8.57. The van der Waals surface area contributed by atoms with Gasteiger partial charge in [-0.3, -0.25) is 4.79 Å². The van der Waals surface area contributed by atoms with Gasteiger partial charge in [0.1, 0.15) is 12.1 Å². The highest BCUT2D eigenvalue weighted by molar-refractivity contribution is 5.81. The Bertz CT molecular complexity index is 583. The number of nitrogens with two attached hydrogens (primary N) is 1. The summed E-state index contributed by atoms with van der Waals surface area (Å²) in [6.45, 7) is 1.96. The fraction of sp³-hybridized carbons (Fsp3) is 0.333. The molecule has 0 radical (unpaired) electrons. The van der Waals surface area contributed by atoms with Crippen molar-refractivity contribution in [1.29, 1.82) is 0 Å². The number of amides is 1. The maximum absolute atomic E-state index is 11.8. The highest BCUT2D eigenvalue weighted by atomic mass is 16.5. The third kappa shape index (κ3) is 3.90. The minimum absolute atomic E-state index is 0.166. The van der Waals surface area contributed by atoms with E-state index in [2.05, 4.69) is 10.3 Å². The quantitative estimate of drug-likeness (QED) is 0.841. The fourth-order valence-corrected chi connectivity index (χ4v) is 1.86. The van der Waals surface area contributed by atoms with Crippen LogP contribution < -0.4 is 11.1 Å². The van der Waals surface area contributed by atoms with Gasteiger partial charge < -0.3 is 20.2 Å². The Labute approximate surface area is 123 Å². The van der Waals surface area contributed by atoms with Crippen LogP contribution in [0, 0.1) is 0 Å². The van der Waals surface area contributed by atoms with E-state index < -0.39 is 6.04 Å². The average Bonchev–Trinajstić information content (AvgIpc) is 2.98. The van der Waals surface area contributed by atoms with Crippen LogP contribution in [0.1, 0.15) is 18.9 Å². The number of benzene rings is 1. The molecule has 1 aromatic carbocycles. The molecule has 6 nitrogen and oxygen atoms in total. The normalized spacial score (nSPS) is 13.7. The van der Waals surface area contributed by atoms with Crippen LogP contribution in [0.3, 0.4) is 0 Å². The van der Waals surface area contributed by atoms with Gasteiger partial charge in [0.2, 0.25) is 11.8 Å². The van der Waals surface area contributed by atoms with E-state index in [0.717, 1.165) is 5.56 Å². The standard InChI is InChI=1S/C15H19N3O3/c1-10(18-14(19)12(16)9-20-2)15-17-8-13(21-15)11-6-4-3-5-7-11/h3-8,10,12H,9,16H2,1-2H3,(H,18,19). The first-order valence-electron chi connectivity index (χ1n) is 6.68. The van der Waals surface area contributed by atoms with Crippen molar-refractivity contribution >= 4 is 5.91 Å². The molecular formula is C15H19N3O3. The Morgan fingerprint density at radius 1 is 1.43 bits per heavy atom. The first-order chi connectivity index (χ1) is 10.1. The highest BCUT2D eigenvalue weighted by Gasteiger charge is 2.19. The first kappa shape index (κ1) is 15.2. The minimum Gasteiger partial charge on any atom is -0.438 e. The molecule has 112 valence electrons. The van der Waals surface area contributed by atoms with Crippen LogP contribution in [-0.2, 0) is 9.53 Å². The maximum Gasteiger partial charge on any atom is 0.239 e. The molecule has 2 atom stereocenters. The number of oxazole rings is 1. The van der Waals surface area contributed by atoms with E-state index in [1.165, 1.54) is 7.11 Å². The summed E-state index contributed by atoms with van der Waals surface area (Å²) in [7, 11) is 1.50.